The van der Waals surface area contributed by atoms with Gasteiger partial charge < -0.3 is 19.1 Å². The van der Waals surface area contributed by atoms with Gasteiger partial charge in [-0.2, -0.15) is 0 Å². The molecule has 0 spiro atoms. The Bertz CT molecular complexity index is 1080. The molecule has 0 bridgehead atoms. The van der Waals surface area contributed by atoms with E-state index in [1.807, 2.05) is 0 Å². The van der Waals surface area contributed by atoms with Gasteiger partial charge in [0.25, 0.3) is 6.43 Å². The smallest absolute Gasteiger partial charge is 0.464 e. The predicted molar refractivity (Wildman–Crippen MR) is 112 cm³/mol. The number of aryl methyl sites for hydroxylation is 1. The van der Waals surface area contributed by atoms with E-state index >= 15 is 0 Å². The highest BCUT2D eigenvalue weighted by atomic mass is 19.4. The highest BCUT2D eigenvalue weighted by Crippen LogP contribution is 2.34. The van der Waals surface area contributed by atoms with Crippen molar-refractivity contribution in [1.82, 2.24) is 0 Å². The summed E-state index contributed by atoms with van der Waals surface area (Å²) in [6.07, 6.45) is -8.19. The third kappa shape index (κ3) is 6.65. The van der Waals surface area contributed by atoms with Crippen LogP contribution in [0.1, 0.15) is 41.2 Å². The normalized spacial score (nSPS) is 12.5. The third-order valence-electron chi connectivity index (χ3n) is 4.52. The summed E-state index contributed by atoms with van der Waals surface area (Å²) >= 11 is 0. The molecule has 0 fully saturated rings. The number of carbonyl (C=O) groups is 1. The highest BCUT2D eigenvalue weighted by molar-refractivity contribution is 6.43. The Morgan fingerprint density at radius 3 is 2.32 bits per heavy atom. The van der Waals surface area contributed by atoms with Crippen LogP contribution in [-0.4, -0.2) is 38.0 Å². The molecular weight excluding hydrogens is 467 g/mol. The molecule has 0 heterocycles. The van der Waals surface area contributed by atoms with Crippen LogP contribution >= 0.6 is 0 Å². The first-order valence-electron chi connectivity index (χ1n) is 9.62. The Balaban J connectivity index is 2.43. The quantitative estimate of drug-likeness (QED) is 0.207. The Kier molecular flexibility index (Phi) is 8.93. The lowest BCUT2D eigenvalue weighted by atomic mass is 9.99. The first-order chi connectivity index (χ1) is 16.0. The maximum atomic E-state index is 13.5. The molecule has 0 saturated carbocycles. The molecular formula is C22H21F5N2O5. The standard InChI is InChI=1S/C22H21F5N2O5/c1-12-7-5-8-14(19(29-32-4)21(30)31-3)16(12)11-33-28-13(2)18-15(20(23)24)9-6-10-17(18)34-22(25,26)27/h5-10,20H,11H2,1-4H3/b28-13+,29-19+. The highest BCUT2D eigenvalue weighted by Gasteiger charge is 2.33. The molecule has 2 aromatic rings. The number of hydrogen-bond donors (Lipinski definition) is 0. The number of hydrogen-bond acceptors (Lipinski definition) is 7. The molecule has 0 amide bonds. The fraction of sp³-hybridized carbons (Fsp3) is 0.318. The van der Waals surface area contributed by atoms with Crippen molar-refractivity contribution in [2.24, 2.45) is 10.3 Å². The molecule has 12 heteroatoms. The zero-order valence-electron chi connectivity index (χ0n) is 18.6. The van der Waals surface area contributed by atoms with Gasteiger partial charge in [0.2, 0.25) is 0 Å². The molecule has 0 saturated heterocycles. The predicted octanol–water partition coefficient (Wildman–Crippen LogP) is 5.30. The topological polar surface area (TPSA) is 78.7 Å². The number of esters is 1. The van der Waals surface area contributed by atoms with Crippen molar-refractivity contribution in [3.8, 4) is 5.75 Å². The molecule has 2 aromatic carbocycles. The minimum atomic E-state index is -5.10. The Labute approximate surface area is 191 Å². The summed E-state index contributed by atoms with van der Waals surface area (Å²) in [5.41, 5.74) is -0.280. The minimum absolute atomic E-state index is 0.156. The number of nitrogens with zero attached hydrogens (tertiary/aromatic N) is 2. The van der Waals surface area contributed by atoms with Crippen molar-refractivity contribution < 1.29 is 45.9 Å². The van der Waals surface area contributed by atoms with Crippen molar-refractivity contribution in [2.75, 3.05) is 14.2 Å². The molecule has 0 aliphatic carbocycles. The van der Waals surface area contributed by atoms with Crippen molar-refractivity contribution in [1.29, 1.82) is 0 Å². The number of carbonyl (C=O) groups excluding carboxylic acids is 1. The van der Waals surface area contributed by atoms with E-state index in [-0.39, 0.29) is 18.0 Å². The maximum Gasteiger partial charge on any atom is 0.573 e. The minimum Gasteiger partial charge on any atom is -0.464 e. The van der Waals surface area contributed by atoms with Crippen LogP contribution in [0.2, 0.25) is 0 Å². The van der Waals surface area contributed by atoms with E-state index in [9.17, 15) is 26.7 Å². The largest absolute Gasteiger partial charge is 0.573 e. The van der Waals surface area contributed by atoms with Crippen molar-refractivity contribution in [2.45, 2.75) is 33.2 Å². The summed E-state index contributed by atoms with van der Waals surface area (Å²) < 4.78 is 73.8. The summed E-state index contributed by atoms with van der Waals surface area (Å²) in [6, 6.07) is 7.79. The van der Waals surface area contributed by atoms with Gasteiger partial charge in [-0.1, -0.05) is 40.6 Å². The van der Waals surface area contributed by atoms with E-state index in [0.717, 1.165) is 25.3 Å². The molecule has 0 aromatic heterocycles. The van der Waals surface area contributed by atoms with Gasteiger partial charge in [-0.15, -0.1) is 13.2 Å². The van der Waals surface area contributed by atoms with E-state index in [4.69, 9.17) is 14.4 Å². The molecule has 184 valence electrons. The van der Waals surface area contributed by atoms with Gasteiger partial charge in [0, 0.05) is 16.7 Å². The Morgan fingerprint density at radius 2 is 1.74 bits per heavy atom. The molecule has 0 atom stereocenters. The summed E-state index contributed by atoms with van der Waals surface area (Å²) in [7, 11) is 2.40. The van der Waals surface area contributed by atoms with Crippen LogP contribution in [0.15, 0.2) is 46.7 Å². The Morgan fingerprint density at radius 1 is 1.06 bits per heavy atom. The van der Waals surface area contributed by atoms with Crippen LogP contribution in [-0.2, 0) is 25.8 Å². The van der Waals surface area contributed by atoms with Gasteiger partial charge in [0.1, 0.15) is 19.5 Å². The lowest BCUT2D eigenvalue weighted by Crippen LogP contribution is -2.20. The zero-order valence-corrected chi connectivity index (χ0v) is 18.6. The van der Waals surface area contributed by atoms with Gasteiger partial charge in [-0.25, -0.2) is 13.6 Å². The number of alkyl halides is 5. The molecule has 7 nitrogen and oxygen atoms in total. The fourth-order valence-electron chi connectivity index (χ4n) is 3.07. The third-order valence-corrected chi connectivity index (χ3v) is 4.52. The summed E-state index contributed by atoms with van der Waals surface area (Å²) in [5.74, 6) is -1.62. The first kappa shape index (κ1) is 26.6. The van der Waals surface area contributed by atoms with E-state index in [0.29, 0.717) is 16.7 Å². The molecule has 0 unspecified atom stereocenters. The van der Waals surface area contributed by atoms with Gasteiger partial charge in [0.15, 0.2) is 5.71 Å². The second-order valence-electron chi connectivity index (χ2n) is 6.73. The van der Waals surface area contributed by atoms with Crippen LogP contribution in [0.4, 0.5) is 22.0 Å². The van der Waals surface area contributed by atoms with Crippen LogP contribution in [0.25, 0.3) is 0 Å². The summed E-state index contributed by atoms with van der Waals surface area (Å²) in [4.78, 5) is 22.1. The molecule has 2 rings (SSSR count). The van der Waals surface area contributed by atoms with Gasteiger partial charge in [0.05, 0.1) is 18.4 Å². The lowest BCUT2D eigenvalue weighted by Gasteiger charge is -2.16. The number of oxime groups is 2. The van der Waals surface area contributed by atoms with Crippen LogP contribution < -0.4 is 4.74 Å². The molecule has 0 N–H and O–H groups in total. The van der Waals surface area contributed by atoms with Gasteiger partial charge >= 0.3 is 12.3 Å². The average Bonchev–Trinajstić information content (AvgIpc) is 2.76. The van der Waals surface area contributed by atoms with Crippen molar-refractivity contribution >= 4 is 17.4 Å². The van der Waals surface area contributed by atoms with Gasteiger partial charge in [-0.3, -0.25) is 0 Å². The average molecular weight is 488 g/mol. The van der Waals surface area contributed by atoms with E-state index in [1.165, 1.54) is 14.0 Å². The lowest BCUT2D eigenvalue weighted by molar-refractivity contribution is -0.274. The van der Waals surface area contributed by atoms with E-state index < -0.39 is 35.6 Å². The summed E-state index contributed by atoms with van der Waals surface area (Å²) in [5, 5.41) is 7.40. The first-order valence-corrected chi connectivity index (χ1v) is 9.62. The van der Waals surface area contributed by atoms with E-state index in [2.05, 4.69) is 15.0 Å². The fourth-order valence-corrected chi connectivity index (χ4v) is 3.07. The molecule has 0 aliphatic heterocycles. The number of ether oxygens (including phenoxy) is 2. The zero-order chi connectivity index (χ0) is 25.5. The second-order valence-corrected chi connectivity index (χ2v) is 6.73. The maximum absolute atomic E-state index is 13.5. The second kappa shape index (κ2) is 11.4. The monoisotopic (exact) mass is 488 g/mol. The SMILES string of the molecule is CO/N=C(/C(=O)OC)c1cccc(C)c1CO/N=C(\C)c1c(OC(F)(F)F)cccc1C(F)F. The number of rotatable bonds is 9. The molecule has 0 radical (unpaired) electrons. The van der Waals surface area contributed by atoms with Crippen molar-refractivity contribution in [3.05, 3.63) is 64.2 Å². The molecule has 0 aliphatic rings. The number of methoxy groups -OCH3 is 1. The van der Waals surface area contributed by atoms with Crippen LogP contribution in [0.3, 0.4) is 0 Å². The van der Waals surface area contributed by atoms with Crippen molar-refractivity contribution in [3.63, 3.8) is 0 Å². The van der Waals surface area contributed by atoms with Gasteiger partial charge in [-0.05, 0) is 25.5 Å². The Hall–Kier alpha value is -3.70. The number of halogens is 5. The van der Waals surface area contributed by atoms with Crippen LogP contribution in [0, 0.1) is 6.92 Å². The number of benzene rings is 2. The molecule has 34 heavy (non-hydrogen) atoms. The summed E-state index contributed by atoms with van der Waals surface area (Å²) in [6.45, 7) is 2.64. The van der Waals surface area contributed by atoms with Crippen LogP contribution in [0.5, 0.6) is 5.75 Å². The van der Waals surface area contributed by atoms with E-state index in [1.54, 1.807) is 25.1 Å².